The van der Waals surface area contributed by atoms with Gasteiger partial charge in [-0.15, -0.1) is 0 Å². The third kappa shape index (κ3) is 8.60. The molecule has 0 aromatic heterocycles. The minimum absolute atomic E-state index is 0.336. The van der Waals surface area contributed by atoms with Crippen LogP contribution in [0.5, 0.6) is 0 Å². The van der Waals surface area contributed by atoms with Crippen LogP contribution in [-0.4, -0.2) is 105 Å². The lowest BCUT2D eigenvalue weighted by atomic mass is 10.1. The van der Waals surface area contributed by atoms with Gasteiger partial charge in [-0.05, 0) is 6.92 Å². The second-order valence-electron chi connectivity index (χ2n) is 6.41. The molecular weight excluding hydrogens is 467 g/mol. The van der Waals surface area contributed by atoms with E-state index in [0.717, 1.165) is 6.92 Å². The third-order valence-corrected chi connectivity index (χ3v) is 3.86. The molecule has 188 valence electrons. The minimum Gasteiger partial charge on any atom is -0.480 e. The van der Waals surface area contributed by atoms with Crippen LogP contribution in [0.2, 0.25) is 0 Å². The SMILES string of the molecule is C[C@H](O)[C@H](N)C(=O)NCC(=O)N(C(=O)[C@@H](N)[C@H](O)C(N)=O)[C@@H](COC(=O)C(F)(F)F)C(=O)O. The van der Waals surface area contributed by atoms with Gasteiger partial charge >= 0.3 is 18.1 Å². The van der Waals surface area contributed by atoms with Crippen molar-refractivity contribution in [2.75, 3.05) is 13.2 Å². The number of primary amides is 1. The Kier molecular flexibility index (Phi) is 10.8. The van der Waals surface area contributed by atoms with E-state index in [4.69, 9.17) is 17.2 Å². The van der Waals surface area contributed by atoms with Crippen LogP contribution in [0, 0.1) is 0 Å². The standard InChI is InChI=1S/C15H22F3N5O10/c1-4(24)7(19)11(28)22-2-6(25)23(12(29)8(20)9(26)10(21)27)5(13(30)31)3-33-14(32)15(16,17)18/h4-5,7-9,24,26H,2-3,19-20H2,1H3,(H2,21,27)(H,22,28)(H,30,31)/t4-,5-,7-,8-,9-/m0/s1. The molecule has 4 amide bonds. The van der Waals surface area contributed by atoms with E-state index in [2.05, 4.69) is 4.74 Å². The number of esters is 1. The van der Waals surface area contributed by atoms with Crippen LogP contribution in [-0.2, 0) is 33.5 Å². The van der Waals surface area contributed by atoms with Gasteiger partial charge in [0.15, 0.2) is 12.1 Å². The van der Waals surface area contributed by atoms with Gasteiger partial charge in [0.2, 0.25) is 23.6 Å². The summed E-state index contributed by atoms with van der Waals surface area (Å²) in [6, 6.07) is -6.57. The highest BCUT2D eigenvalue weighted by atomic mass is 19.4. The van der Waals surface area contributed by atoms with Crippen molar-refractivity contribution >= 4 is 35.6 Å². The third-order valence-electron chi connectivity index (χ3n) is 3.86. The zero-order valence-electron chi connectivity index (χ0n) is 16.8. The number of carbonyl (C=O) groups excluding carboxylic acids is 5. The monoisotopic (exact) mass is 489 g/mol. The first-order valence-corrected chi connectivity index (χ1v) is 8.70. The zero-order valence-corrected chi connectivity index (χ0v) is 16.8. The number of aliphatic hydroxyl groups excluding tert-OH is 2. The van der Waals surface area contributed by atoms with Gasteiger partial charge in [0.25, 0.3) is 0 Å². The molecule has 0 unspecified atom stereocenters. The van der Waals surface area contributed by atoms with E-state index in [-0.39, 0.29) is 4.90 Å². The van der Waals surface area contributed by atoms with E-state index < -0.39 is 85.2 Å². The van der Waals surface area contributed by atoms with Crippen LogP contribution in [0.3, 0.4) is 0 Å². The summed E-state index contributed by atoms with van der Waals surface area (Å²) in [7, 11) is 0. The van der Waals surface area contributed by atoms with Gasteiger partial charge in [0.05, 0.1) is 12.6 Å². The van der Waals surface area contributed by atoms with Crippen molar-refractivity contribution < 1.29 is 62.0 Å². The maximum absolute atomic E-state index is 12.5. The number of carboxylic acid groups (broad SMARTS) is 1. The summed E-state index contributed by atoms with van der Waals surface area (Å²) in [5.74, 6) is -11.2. The van der Waals surface area contributed by atoms with Crippen molar-refractivity contribution in [3.05, 3.63) is 0 Å². The molecule has 0 saturated heterocycles. The lowest BCUT2D eigenvalue weighted by Crippen LogP contribution is -2.62. The summed E-state index contributed by atoms with van der Waals surface area (Å²) < 4.78 is 40.8. The van der Waals surface area contributed by atoms with Gasteiger partial charge in [0, 0.05) is 0 Å². The second-order valence-corrected chi connectivity index (χ2v) is 6.41. The van der Waals surface area contributed by atoms with Gasteiger partial charge < -0.3 is 42.6 Å². The van der Waals surface area contributed by atoms with Crippen LogP contribution in [0.25, 0.3) is 0 Å². The van der Waals surface area contributed by atoms with Crippen LogP contribution in [0.1, 0.15) is 6.92 Å². The molecule has 0 bridgehead atoms. The van der Waals surface area contributed by atoms with E-state index in [9.17, 15) is 57.3 Å². The quantitative estimate of drug-likeness (QED) is 0.134. The number of aliphatic carboxylic acids is 1. The number of imide groups is 1. The first kappa shape index (κ1) is 29.7. The molecule has 0 rings (SSSR count). The Morgan fingerprint density at radius 2 is 1.58 bits per heavy atom. The number of hydrogen-bond donors (Lipinski definition) is 7. The largest absolute Gasteiger partial charge is 0.490 e. The number of nitrogens with zero attached hydrogens (tertiary/aromatic N) is 1. The number of alkyl halides is 3. The van der Waals surface area contributed by atoms with Gasteiger partial charge in [-0.1, -0.05) is 0 Å². The smallest absolute Gasteiger partial charge is 0.480 e. The fraction of sp³-hybridized carbons (Fsp3) is 0.600. The first-order valence-electron chi connectivity index (χ1n) is 8.70. The molecule has 0 aliphatic carbocycles. The highest BCUT2D eigenvalue weighted by Crippen LogP contribution is 2.17. The van der Waals surface area contributed by atoms with Crippen LogP contribution < -0.4 is 22.5 Å². The number of nitrogens with two attached hydrogens (primary N) is 3. The normalized spacial score (nSPS) is 15.9. The lowest BCUT2D eigenvalue weighted by molar-refractivity contribution is -0.202. The van der Waals surface area contributed by atoms with Crippen molar-refractivity contribution in [3.8, 4) is 0 Å². The van der Waals surface area contributed by atoms with E-state index in [1.807, 2.05) is 5.32 Å². The van der Waals surface area contributed by atoms with Gasteiger partial charge in [-0.2, -0.15) is 13.2 Å². The zero-order chi connectivity index (χ0) is 26.3. The number of nitrogens with one attached hydrogen (secondary N) is 1. The van der Waals surface area contributed by atoms with E-state index in [1.54, 1.807) is 0 Å². The van der Waals surface area contributed by atoms with Gasteiger partial charge in [-0.25, -0.2) is 9.59 Å². The average molecular weight is 489 g/mol. The van der Waals surface area contributed by atoms with Crippen molar-refractivity contribution in [2.24, 2.45) is 17.2 Å². The molecule has 0 aromatic carbocycles. The number of amides is 4. The summed E-state index contributed by atoms with van der Waals surface area (Å²) >= 11 is 0. The molecule has 15 nitrogen and oxygen atoms in total. The maximum Gasteiger partial charge on any atom is 0.490 e. The van der Waals surface area contributed by atoms with E-state index >= 15 is 0 Å². The van der Waals surface area contributed by atoms with Gasteiger partial charge in [-0.3, -0.25) is 24.1 Å². The Labute approximate surface area is 182 Å². The second kappa shape index (κ2) is 12.0. The number of halogens is 3. The van der Waals surface area contributed by atoms with Crippen molar-refractivity contribution in [3.63, 3.8) is 0 Å². The van der Waals surface area contributed by atoms with Crippen LogP contribution in [0.4, 0.5) is 13.2 Å². The molecule has 0 aliphatic heterocycles. The Balaban J connectivity index is 5.95. The molecule has 10 N–H and O–H groups in total. The van der Waals surface area contributed by atoms with Crippen LogP contribution >= 0.6 is 0 Å². The lowest BCUT2D eigenvalue weighted by Gasteiger charge is -2.30. The highest BCUT2D eigenvalue weighted by Gasteiger charge is 2.45. The van der Waals surface area contributed by atoms with Gasteiger partial charge in [0.1, 0.15) is 18.7 Å². The van der Waals surface area contributed by atoms with E-state index in [0.29, 0.717) is 0 Å². The highest BCUT2D eigenvalue weighted by molar-refractivity contribution is 6.04. The average Bonchev–Trinajstić information content (AvgIpc) is 2.70. The molecule has 18 heteroatoms. The molecule has 0 spiro atoms. The maximum atomic E-state index is 12.5. The molecular formula is C15H22F3N5O10. The van der Waals surface area contributed by atoms with Crippen molar-refractivity contribution in [2.45, 2.75) is 43.4 Å². The summed E-state index contributed by atoms with van der Waals surface area (Å²) in [5, 5.41) is 29.9. The molecule has 0 aromatic rings. The Morgan fingerprint density at radius 1 is 1.06 bits per heavy atom. The molecule has 0 radical (unpaired) electrons. The molecule has 0 fully saturated rings. The summed E-state index contributed by atoms with van der Waals surface area (Å²) in [6.07, 6.45) is -9.41. The van der Waals surface area contributed by atoms with E-state index in [1.165, 1.54) is 0 Å². The topological polar surface area (TPSA) is 266 Å². The van der Waals surface area contributed by atoms with Crippen molar-refractivity contribution in [1.82, 2.24) is 10.2 Å². The Hall–Kier alpha value is -3.35. The molecule has 0 heterocycles. The molecule has 5 atom stereocenters. The summed E-state index contributed by atoms with van der Waals surface area (Å²) in [4.78, 5) is 69.9. The summed E-state index contributed by atoms with van der Waals surface area (Å²) in [5.41, 5.74) is 15.4. The fourth-order valence-corrected chi connectivity index (χ4v) is 2.00. The Morgan fingerprint density at radius 3 is 1.97 bits per heavy atom. The first-order chi connectivity index (χ1) is 14.9. The number of ether oxygens (including phenoxy) is 1. The minimum atomic E-state index is -5.55. The number of hydrogen-bond acceptors (Lipinski definition) is 11. The number of aliphatic hydroxyl groups is 2. The number of rotatable bonds is 11. The Bertz CT molecular complexity index is 791. The molecule has 0 aliphatic rings. The van der Waals surface area contributed by atoms with Crippen molar-refractivity contribution in [1.29, 1.82) is 0 Å². The number of carbonyl (C=O) groups is 6. The predicted octanol–water partition coefficient (Wildman–Crippen LogP) is -5.10. The molecule has 33 heavy (non-hydrogen) atoms. The predicted molar refractivity (Wildman–Crippen MR) is 96.1 cm³/mol. The van der Waals surface area contributed by atoms with Crippen LogP contribution in [0.15, 0.2) is 0 Å². The number of carboxylic acids is 1. The fourth-order valence-electron chi connectivity index (χ4n) is 2.00. The molecule has 0 saturated carbocycles. The summed E-state index contributed by atoms with van der Waals surface area (Å²) in [6.45, 7) is -1.81.